The maximum absolute atomic E-state index is 12.3. The van der Waals surface area contributed by atoms with E-state index in [2.05, 4.69) is 5.32 Å². The fraction of sp³-hybridized carbons (Fsp3) is 0.214. The summed E-state index contributed by atoms with van der Waals surface area (Å²) in [4.78, 5) is 12.9. The molecule has 1 aromatic carbocycles. The predicted molar refractivity (Wildman–Crippen MR) is 76.0 cm³/mol. The lowest BCUT2D eigenvalue weighted by molar-refractivity contribution is 0.104. The molecule has 0 bridgehead atoms. The van der Waals surface area contributed by atoms with Crippen LogP contribution in [-0.2, 0) is 6.42 Å². The summed E-state index contributed by atoms with van der Waals surface area (Å²) in [5.41, 5.74) is 3.09. The average Bonchev–Trinajstić information content (AvgIpc) is 2.83. The highest BCUT2D eigenvalue weighted by atomic mass is 35.5. The fourth-order valence-corrected chi connectivity index (χ4v) is 3.31. The molecule has 2 aromatic rings. The number of carbonyl (C=O) groups excluding carboxylic acids is 1. The van der Waals surface area contributed by atoms with Gasteiger partial charge in [0.2, 0.25) is 5.78 Å². The molecule has 0 amide bonds. The van der Waals surface area contributed by atoms with Crippen molar-refractivity contribution < 1.29 is 4.79 Å². The summed E-state index contributed by atoms with van der Waals surface area (Å²) in [7, 11) is 0. The van der Waals surface area contributed by atoms with Crippen molar-refractivity contribution in [3.8, 4) is 0 Å². The molecule has 0 aliphatic carbocycles. The fourth-order valence-electron chi connectivity index (χ4n) is 2.20. The minimum absolute atomic E-state index is 0.0170. The summed E-state index contributed by atoms with van der Waals surface area (Å²) in [6.45, 7) is 1.01. The van der Waals surface area contributed by atoms with Crippen LogP contribution in [0.15, 0.2) is 29.6 Å². The van der Waals surface area contributed by atoms with E-state index in [9.17, 15) is 4.79 Å². The standard InChI is InChI=1S/C14H12ClNOS/c15-11-5-7-18-14(11)13(17)10-3-4-12-9(8-10)2-1-6-16-12/h3-5,7-8,16H,1-2,6H2. The molecule has 92 valence electrons. The molecule has 1 aliphatic rings. The van der Waals surface area contributed by atoms with Crippen LogP contribution in [-0.4, -0.2) is 12.3 Å². The Labute approximate surface area is 115 Å². The van der Waals surface area contributed by atoms with Crippen LogP contribution in [0.1, 0.15) is 27.2 Å². The van der Waals surface area contributed by atoms with E-state index < -0.39 is 0 Å². The highest BCUT2D eigenvalue weighted by Crippen LogP contribution is 2.28. The zero-order chi connectivity index (χ0) is 12.5. The molecule has 2 heterocycles. The first-order chi connectivity index (χ1) is 8.75. The molecular formula is C14H12ClNOS. The number of benzene rings is 1. The van der Waals surface area contributed by atoms with Crippen LogP contribution in [0, 0.1) is 0 Å². The van der Waals surface area contributed by atoms with Crippen molar-refractivity contribution in [2.45, 2.75) is 12.8 Å². The van der Waals surface area contributed by atoms with E-state index in [0.717, 1.165) is 30.6 Å². The lowest BCUT2D eigenvalue weighted by Gasteiger charge is -2.18. The maximum Gasteiger partial charge on any atom is 0.204 e. The molecule has 0 saturated heterocycles. The average molecular weight is 278 g/mol. The van der Waals surface area contributed by atoms with E-state index in [4.69, 9.17) is 11.6 Å². The number of hydrogen-bond acceptors (Lipinski definition) is 3. The number of hydrogen-bond donors (Lipinski definition) is 1. The van der Waals surface area contributed by atoms with Gasteiger partial charge >= 0.3 is 0 Å². The number of nitrogens with one attached hydrogen (secondary N) is 1. The van der Waals surface area contributed by atoms with Crippen molar-refractivity contribution in [3.63, 3.8) is 0 Å². The molecule has 1 aliphatic heterocycles. The van der Waals surface area contributed by atoms with Gasteiger partial charge in [-0.1, -0.05) is 11.6 Å². The number of fused-ring (bicyclic) bond motifs is 1. The Hall–Kier alpha value is -1.32. The maximum atomic E-state index is 12.3. The van der Waals surface area contributed by atoms with Crippen LogP contribution in [0.2, 0.25) is 5.02 Å². The normalized spacial score (nSPS) is 13.8. The van der Waals surface area contributed by atoms with Crippen LogP contribution in [0.4, 0.5) is 5.69 Å². The molecule has 1 N–H and O–H groups in total. The third-order valence-corrected chi connectivity index (χ3v) is 4.47. The summed E-state index contributed by atoms with van der Waals surface area (Å²) >= 11 is 7.40. The van der Waals surface area contributed by atoms with Crippen molar-refractivity contribution in [1.82, 2.24) is 0 Å². The molecule has 3 rings (SSSR count). The number of aryl methyl sites for hydroxylation is 1. The topological polar surface area (TPSA) is 29.1 Å². The molecule has 1 aromatic heterocycles. The van der Waals surface area contributed by atoms with Gasteiger partial charge in [0.05, 0.1) is 9.90 Å². The van der Waals surface area contributed by atoms with Gasteiger partial charge in [0, 0.05) is 17.8 Å². The van der Waals surface area contributed by atoms with Gasteiger partial charge in [-0.25, -0.2) is 0 Å². The SMILES string of the molecule is O=C(c1ccc2c(c1)CCCN2)c1sccc1Cl. The van der Waals surface area contributed by atoms with Gasteiger partial charge in [0.25, 0.3) is 0 Å². The van der Waals surface area contributed by atoms with Crippen LogP contribution < -0.4 is 5.32 Å². The molecular weight excluding hydrogens is 266 g/mol. The Morgan fingerprint density at radius 2 is 2.22 bits per heavy atom. The second-order valence-corrected chi connectivity index (χ2v) is 5.65. The molecule has 0 spiro atoms. The van der Waals surface area contributed by atoms with E-state index in [1.807, 2.05) is 23.6 Å². The van der Waals surface area contributed by atoms with Gasteiger partial charge < -0.3 is 5.32 Å². The summed E-state index contributed by atoms with van der Waals surface area (Å²) < 4.78 is 0. The largest absolute Gasteiger partial charge is 0.385 e. The number of anilines is 1. The zero-order valence-electron chi connectivity index (χ0n) is 9.70. The minimum atomic E-state index is 0.0170. The Morgan fingerprint density at radius 3 is 3.00 bits per heavy atom. The monoisotopic (exact) mass is 277 g/mol. The Balaban J connectivity index is 1.98. The first-order valence-electron chi connectivity index (χ1n) is 5.90. The molecule has 0 fully saturated rings. The summed E-state index contributed by atoms with van der Waals surface area (Å²) in [5, 5.41) is 5.73. The molecule has 0 radical (unpaired) electrons. The second-order valence-electron chi connectivity index (χ2n) is 4.33. The number of thiophene rings is 1. The number of rotatable bonds is 2. The van der Waals surface area contributed by atoms with Gasteiger partial charge in [0.1, 0.15) is 0 Å². The van der Waals surface area contributed by atoms with Gasteiger partial charge in [0.15, 0.2) is 0 Å². The predicted octanol–water partition coefficient (Wildman–Crippen LogP) is 3.99. The summed E-state index contributed by atoms with van der Waals surface area (Å²) in [5.74, 6) is 0.0170. The van der Waals surface area contributed by atoms with Gasteiger partial charge in [-0.05, 0) is 48.1 Å². The van der Waals surface area contributed by atoms with Crippen LogP contribution in [0.25, 0.3) is 0 Å². The summed E-state index contributed by atoms with van der Waals surface area (Å²) in [6, 6.07) is 7.61. The van der Waals surface area contributed by atoms with E-state index in [1.165, 1.54) is 16.9 Å². The van der Waals surface area contributed by atoms with Crippen molar-refractivity contribution in [1.29, 1.82) is 0 Å². The molecule has 0 atom stereocenters. The molecule has 18 heavy (non-hydrogen) atoms. The van der Waals surface area contributed by atoms with Crippen LogP contribution in [0.5, 0.6) is 0 Å². The smallest absolute Gasteiger partial charge is 0.204 e. The van der Waals surface area contributed by atoms with Crippen molar-refractivity contribution in [2.75, 3.05) is 11.9 Å². The lowest BCUT2D eigenvalue weighted by Crippen LogP contribution is -2.12. The van der Waals surface area contributed by atoms with Gasteiger partial charge in [-0.3, -0.25) is 4.79 Å². The lowest BCUT2D eigenvalue weighted by atomic mass is 9.99. The zero-order valence-corrected chi connectivity index (χ0v) is 11.3. The van der Waals surface area contributed by atoms with Crippen LogP contribution in [0.3, 0.4) is 0 Å². The summed E-state index contributed by atoms with van der Waals surface area (Å²) in [6.07, 6.45) is 2.14. The first kappa shape index (κ1) is 11.8. The Bertz CT molecular complexity index is 606. The van der Waals surface area contributed by atoms with E-state index >= 15 is 0 Å². The molecule has 0 unspecified atom stereocenters. The molecule has 4 heteroatoms. The van der Waals surface area contributed by atoms with Gasteiger partial charge in [-0.2, -0.15) is 0 Å². The highest BCUT2D eigenvalue weighted by Gasteiger charge is 2.16. The van der Waals surface area contributed by atoms with Gasteiger partial charge in [-0.15, -0.1) is 11.3 Å². The molecule has 0 saturated carbocycles. The first-order valence-corrected chi connectivity index (χ1v) is 7.16. The third kappa shape index (κ3) is 2.04. The Kier molecular flexibility index (Phi) is 3.10. The van der Waals surface area contributed by atoms with E-state index in [0.29, 0.717) is 9.90 Å². The quantitative estimate of drug-likeness (QED) is 0.841. The highest BCUT2D eigenvalue weighted by molar-refractivity contribution is 7.13. The van der Waals surface area contributed by atoms with Crippen molar-refractivity contribution >= 4 is 34.4 Å². The van der Waals surface area contributed by atoms with Crippen LogP contribution >= 0.6 is 22.9 Å². The second kappa shape index (κ2) is 4.75. The van der Waals surface area contributed by atoms with Crippen molar-refractivity contribution in [2.24, 2.45) is 0 Å². The third-order valence-electron chi connectivity index (χ3n) is 3.13. The molecule has 2 nitrogen and oxygen atoms in total. The number of ketones is 1. The number of carbonyl (C=O) groups is 1. The number of halogens is 1. The van der Waals surface area contributed by atoms with E-state index in [1.54, 1.807) is 6.07 Å². The van der Waals surface area contributed by atoms with Crippen molar-refractivity contribution in [3.05, 3.63) is 50.7 Å². The minimum Gasteiger partial charge on any atom is -0.385 e. The Morgan fingerprint density at radius 1 is 1.33 bits per heavy atom. The van der Waals surface area contributed by atoms with E-state index in [-0.39, 0.29) is 5.78 Å².